The predicted molar refractivity (Wildman–Crippen MR) is 87.2 cm³/mol. The smallest absolute Gasteiger partial charge is 0.0705 e. The summed E-state index contributed by atoms with van der Waals surface area (Å²) in [5.74, 6) is 0. The second-order valence-corrected chi connectivity index (χ2v) is 5.29. The molecule has 0 saturated carbocycles. The average Bonchev–Trinajstić information content (AvgIpc) is 2.56. The number of hydrogen-bond donors (Lipinski definition) is 1. The minimum absolute atomic E-state index is 0.133. The highest BCUT2D eigenvalue weighted by Gasteiger charge is 2.08. The van der Waals surface area contributed by atoms with Gasteiger partial charge in [0.05, 0.1) is 17.8 Å². The molecule has 3 rings (SSSR count). The van der Waals surface area contributed by atoms with Crippen molar-refractivity contribution in [2.75, 3.05) is 13.2 Å². The lowest BCUT2D eigenvalue weighted by atomic mass is 10.2. The van der Waals surface area contributed by atoms with E-state index in [-0.39, 0.29) is 6.61 Å². The van der Waals surface area contributed by atoms with Crippen molar-refractivity contribution in [1.29, 1.82) is 0 Å². The standard InChI is InChI=1S/C18H19N3O/c22-11-10-21(13-15-4-3-9-19-12-15)14-17-8-7-16-5-1-2-6-18(16)20-17/h1-9,12,22H,10-11,13-14H2. The first kappa shape index (κ1) is 14.6. The predicted octanol–water partition coefficient (Wildman–Crippen LogP) is 2.62. The summed E-state index contributed by atoms with van der Waals surface area (Å²) in [6.45, 7) is 2.21. The molecule has 0 saturated heterocycles. The fourth-order valence-electron chi connectivity index (χ4n) is 2.53. The number of nitrogens with zero attached hydrogens (tertiary/aromatic N) is 3. The summed E-state index contributed by atoms with van der Waals surface area (Å²) < 4.78 is 0. The van der Waals surface area contributed by atoms with Crippen LogP contribution in [0.4, 0.5) is 0 Å². The molecule has 0 spiro atoms. The number of para-hydroxylation sites is 1. The molecule has 4 heteroatoms. The van der Waals surface area contributed by atoms with Crippen LogP contribution in [0.15, 0.2) is 60.9 Å². The number of aromatic nitrogens is 2. The third-order valence-corrected chi connectivity index (χ3v) is 3.59. The van der Waals surface area contributed by atoms with Crippen molar-refractivity contribution in [3.05, 3.63) is 72.2 Å². The van der Waals surface area contributed by atoms with E-state index in [2.05, 4.69) is 28.1 Å². The Hall–Kier alpha value is -2.30. The molecule has 2 heterocycles. The first-order chi connectivity index (χ1) is 10.8. The number of rotatable bonds is 6. The summed E-state index contributed by atoms with van der Waals surface area (Å²) in [6, 6.07) is 16.2. The molecule has 0 aliphatic heterocycles. The van der Waals surface area contributed by atoms with Crippen LogP contribution in [0.2, 0.25) is 0 Å². The first-order valence-corrected chi connectivity index (χ1v) is 7.42. The molecule has 0 aliphatic rings. The van der Waals surface area contributed by atoms with Gasteiger partial charge in [0.2, 0.25) is 0 Å². The maximum atomic E-state index is 9.29. The number of benzene rings is 1. The van der Waals surface area contributed by atoms with Gasteiger partial charge in [0.15, 0.2) is 0 Å². The van der Waals surface area contributed by atoms with Gasteiger partial charge < -0.3 is 5.11 Å². The Bertz CT molecular complexity index is 730. The summed E-state index contributed by atoms with van der Waals surface area (Å²) in [5.41, 5.74) is 3.15. The molecule has 1 N–H and O–H groups in total. The highest BCUT2D eigenvalue weighted by molar-refractivity contribution is 5.78. The Kier molecular flexibility index (Phi) is 4.73. The van der Waals surface area contributed by atoms with E-state index in [9.17, 15) is 5.11 Å². The van der Waals surface area contributed by atoms with Crippen LogP contribution in [0.25, 0.3) is 10.9 Å². The average molecular weight is 293 g/mol. The monoisotopic (exact) mass is 293 g/mol. The summed E-state index contributed by atoms with van der Waals surface area (Å²) in [5, 5.41) is 10.4. The summed E-state index contributed by atoms with van der Waals surface area (Å²) in [6.07, 6.45) is 3.63. The van der Waals surface area contributed by atoms with Gasteiger partial charge in [-0.15, -0.1) is 0 Å². The SMILES string of the molecule is OCCN(Cc1cccnc1)Cc1ccc2ccccc2n1. The van der Waals surface area contributed by atoms with E-state index in [4.69, 9.17) is 4.98 Å². The Labute approximate surface area is 130 Å². The van der Waals surface area contributed by atoms with Gasteiger partial charge in [-0.05, 0) is 23.8 Å². The lowest BCUT2D eigenvalue weighted by Crippen LogP contribution is -2.26. The Morgan fingerprint density at radius 1 is 0.955 bits per heavy atom. The Morgan fingerprint density at radius 3 is 2.68 bits per heavy atom. The lowest BCUT2D eigenvalue weighted by molar-refractivity contribution is 0.183. The van der Waals surface area contributed by atoms with E-state index < -0.39 is 0 Å². The third kappa shape index (κ3) is 3.67. The van der Waals surface area contributed by atoms with Crippen molar-refractivity contribution in [2.24, 2.45) is 0 Å². The Morgan fingerprint density at radius 2 is 1.86 bits per heavy atom. The van der Waals surface area contributed by atoms with Gasteiger partial charge in [0.1, 0.15) is 0 Å². The van der Waals surface area contributed by atoms with Gasteiger partial charge in [0.25, 0.3) is 0 Å². The van der Waals surface area contributed by atoms with Crippen molar-refractivity contribution in [3.63, 3.8) is 0 Å². The minimum Gasteiger partial charge on any atom is -0.395 e. The van der Waals surface area contributed by atoms with Crippen LogP contribution >= 0.6 is 0 Å². The molecule has 112 valence electrons. The molecule has 22 heavy (non-hydrogen) atoms. The third-order valence-electron chi connectivity index (χ3n) is 3.59. The molecule has 0 amide bonds. The van der Waals surface area contributed by atoms with E-state index >= 15 is 0 Å². The number of aliphatic hydroxyl groups is 1. The van der Waals surface area contributed by atoms with Crippen LogP contribution in [0.5, 0.6) is 0 Å². The molecule has 0 unspecified atom stereocenters. The van der Waals surface area contributed by atoms with Gasteiger partial charge in [0, 0.05) is 37.4 Å². The van der Waals surface area contributed by atoms with Crippen LogP contribution in [-0.2, 0) is 13.1 Å². The number of hydrogen-bond acceptors (Lipinski definition) is 4. The molecule has 1 aromatic carbocycles. The maximum Gasteiger partial charge on any atom is 0.0705 e. The van der Waals surface area contributed by atoms with Crippen LogP contribution in [0.3, 0.4) is 0 Å². The highest BCUT2D eigenvalue weighted by atomic mass is 16.3. The molecule has 4 nitrogen and oxygen atoms in total. The maximum absolute atomic E-state index is 9.29. The van der Waals surface area contributed by atoms with Gasteiger partial charge in [-0.3, -0.25) is 14.9 Å². The second-order valence-electron chi connectivity index (χ2n) is 5.29. The molecule has 0 bridgehead atoms. The summed E-state index contributed by atoms with van der Waals surface area (Å²) in [7, 11) is 0. The van der Waals surface area contributed by atoms with Gasteiger partial charge in [-0.25, -0.2) is 0 Å². The quantitative estimate of drug-likeness (QED) is 0.759. The van der Waals surface area contributed by atoms with E-state index in [1.54, 1.807) is 6.20 Å². The van der Waals surface area contributed by atoms with Gasteiger partial charge in [-0.1, -0.05) is 30.3 Å². The van der Waals surface area contributed by atoms with E-state index in [0.29, 0.717) is 13.1 Å². The van der Waals surface area contributed by atoms with Crippen LogP contribution < -0.4 is 0 Å². The van der Waals surface area contributed by atoms with Crippen molar-refractivity contribution in [3.8, 4) is 0 Å². The fourth-order valence-corrected chi connectivity index (χ4v) is 2.53. The zero-order valence-electron chi connectivity index (χ0n) is 12.4. The molecular weight excluding hydrogens is 274 g/mol. The molecule has 2 aromatic heterocycles. The number of aliphatic hydroxyl groups excluding tert-OH is 1. The molecule has 0 radical (unpaired) electrons. The second kappa shape index (κ2) is 7.11. The summed E-state index contributed by atoms with van der Waals surface area (Å²) >= 11 is 0. The zero-order valence-corrected chi connectivity index (χ0v) is 12.4. The summed E-state index contributed by atoms with van der Waals surface area (Å²) in [4.78, 5) is 11.0. The normalized spacial score (nSPS) is 11.2. The minimum atomic E-state index is 0.133. The van der Waals surface area contributed by atoms with Crippen molar-refractivity contribution in [2.45, 2.75) is 13.1 Å². The van der Waals surface area contributed by atoms with Crippen LogP contribution in [0, 0.1) is 0 Å². The van der Waals surface area contributed by atoms with E-state index in [1.165, 1.54) is 0 Å². The van der Waals surface area contributed by atoms with E-state index in [1.807, 2.05) is 36.5 Å². The molecule has 0 aliphatic carbocycles. The number of fused-ring (bicyclic) bond motifs is 1. The van der Waals surface area contributed by atoms with Crippen LogP contribution in [0.1, 0.15) is 11.3 Å². The van der Waals surface area contributed by atoms with Crippen molar-refractivity contribution in [1.82, 2.24) is 14.9 Å². The fraction of sp³-hybridized carbons (Fsp3) is 0.222. The highest BCUT2D eigenvalue weighted by Crippen LogP contribution is 2.14. The van der Waals surface area contributed by atoms with Crippen LogP contribution in [-0.4, -0.2) is 33.1 Å². The molecular formula is C18H19N3O. The van der Waals surface area contributed by atoms with Crippen molar-refractivity contribution < 1.29 is 5.11 Å². The molecule has 3 aromatic rings. The van der Waals surface area contributed by atoms with Gasteiger partial charge >= 0.3 is 0 Å². The Balaban J connectivity index is 1.76. The molecule has 0 atom stereocenters. The van der Waals surface area contributed by atoms with E-state index in [0.717, 1.165) is 28.7 Å². The van der Waals surface area contributed by atoms with Gasteiger partial charge in [-0.2, -0.15) is 0 Å². The topological polar surface area (TPSA) is 49.2 Å². The lowest BCUT2D eigenvalue weighted by Gasteiger charge is -2.21. The largest absolute Gasteiger partial charge is 0.395 e. The van der Waals surface area contributed by atoms with Crippen molar-refractivity contribution >= 4 is 10.9 Å². The molecule has 0 fully saturated rings. The number of pyridine rings is 2. The zero-order chi connectivity index (χ0) is 15.2. The first-order valence-electron chi connectivity index (χ1n) is 7.42.